The predicted molar refractivity (Wildman–Crippen MR) is 135 cm³/mol. The number of benzene rings is 3. The van der Waals surface area contributed by atoms with Crippen LogP contribution in [-0.4, -0.2) is 43.1 Å². The normalized spacial score (nSPS) is 15.1. The van der Waals surface area contributed by atoms with Crippen LogP contribution in [0.3, 0.4) is 0 Å². The summed E-state index contributed by atoms with van der Waals surface area (Å²) < 4.78 is 12.1. The monoisotopic (exact) mass is 522 g/mol. The van der Waals surface area contributed by atoms with Crippen LogP contribution in [0.25, 0.3) is 0 Å². The first-order valence-electron chi connectivity index (χ1n) is 11.2. The van der Waals surface area contributed by atoms with E-state index in [1.54, 1.807) is 54.4 Å². The molecule has 3 aromatic rings. The van der Waals surface area contributed by atoms with Crippen molar-refractivity contribution in [2.24, 2.45) is 0 Å². The number of hydrogen-bond donors (Lipinski definition) is 1. The number of amides is 2. The van der Waals surface area contributed by atoms with E-state index < -0.39 is 0 Å². The van der Waals surface area contributed by atoms with E-state index in [4.69, 9.17) is 9.47 Å². The van der Waals surface area contributed by atoms with Gasteiger partial charge in [-0.2, -0.15) is 0 Å². The lowest BCUT2D eigenvalue weighted by Gasteiger charge is -2.18. The smallest absolute Gasteiger partial charge is 0.255 e. The van der Waals surface area contributed by atoms with Crippen molar-refractivity contribution in [1.29, 1.82) is 0 Å². The summed E-state index contributed by atoms with van der Waals surface area (Å²) in [7, 11) is 1.76. The Hall–Kier alpha value is -3.16. The minimum atomic E-state index is -0.270. The van der Waals surface area contributed by atoms with E-state index in [1.807, 2.05) is 30.3 Å². The summed E-state index contributed by atoms with van der Waals surface area (Å²) >= 11 is 3.49. The third-order valence-corrected chi connectivity index (χ3v) is 6.24. The second-order valence-electron chi connectivity index (χ2n) is 8.27. The third-order valence-electron chi connectivity index (χ3n) is 5.62. The van der Waals surface area contributed by atoms with E-state index in [-0.39, 0.29) is 17.9 Å². The Morgan fingerprint density at radius 1 is 1.06 bits per heavy atom. The average molecular weight is 523 g/mol. The van der Waals surface area contributed by atoms with Gasteiger partial charge in [0, 0.05) is 37.0 Å². The summed E-state index contributed by atoms with van der Waals surface area (Å²) in [6.07, 6.45) is 2.18. The second kappa shape index (κ2) is 11.3. The number of carbonyl (C=O) groups is 2. The Kier molecular flexibility index (Phi) is 7.98. The van der Waals surface area contributed by atoms with Crippen LogP contribution >= 0.6 is 15.9 Å². The molecular weight excluding hydrogens is 496 g/mol. The molecule has 176 valence electrons. The molecule has 0 aromatic heterocycles. The van der Waals surface area contributed by atoms with E-state index in [0.29, 0.717) is 40.2 Å². The summed E-state index contributed by atoms with van der Waals surface area (Å²) in [5.74, 6) is 0.283. The largest absolute Gasteiger partial charge is 0.490 e. The minimum Gasteiger partial charge on any atom is -0.490 e. The maximum atomic E-state index is 12.9. The van der Waals surface area contributed by atoms with Crippen molar-refractivity contribution in [2.45, 2.75) is 25.5 Å². The fourth-order valence-electron chi connectivity index (χ4n) is 3.80. The van der Waals surface area contributed by atoms with E-state index in [1.165, 1.54) is 0 Å². The standard InChI is InChI=1S/C27H27BrN2O4/c1-30(17-19-7-3-2-4-8-19)27(32)21-9-5-10-22(15-21)29-26(31)20-12-13-25(24(28)16-20)34-18-23-11-6-14-33-23/h2-5,7-10,12-13,15-16,23H,6,11,14,17-18H2,1H3,(H,29,31). The molecule has 3 aromatic carbocycles. The summed E-state index contributed by atoms with van der Waals surface area (Å²) in [6.45, 7) is 1.78. The van der Waals surface area contributed by atoms with E-state index in [2.05, 4.69) is 21.2 Å². The minimum absolute atomic E-state index is 0.115. The average Bonchev–Trinajstić information content (AvgIpc) is 3.37. The Balaban J connectivity index is 1.37. The Bertz CT molecular complexity index is 1150. The maximum Gasteiger partial charge on any atom is 0.255 e. The molecule has 0 radical (unpaired) electrons. The van der Waals surface area contributed by atoms with Crippen molar-refractivity contribution in [3.63, 3.8) is 0 Å². The summed E-state index contributed by atoms with van der Waals surface area (Å²) in [6, 6.07) is 22.0. The molecule has 0 saturated carbocycles. The lowest BCUT2D eigenvalue weighted by molar-refractivity contribution is 0.0677. The Morgan fingerprint density at radius 3 is 2.62 bits per heavy atom. The molecule has 0 aliphatic carbocycles. The molecule has 2 amide bonds. The molecule has 34 heavy (non-hydrogen) atoms. The first-order chi connectivity index (χ1) is 16.5. The number of ether oxygens (including phenoxy) is 2. The molecule has 1 saturated heterocycles. The highest BCUT2D eigenvalue weighted by atomic mass is 79.9. The highest BCUT2D eigenvalue weighted by Crippen LogP contribution is 2.27. The van der Waals surface area contributed by atoms with E-state index >= 15 is 0 Å². The fourth-order valence-corrected chi connectivity index (χ4v) is 4.29. The number of rotatable bonds is 8. The van der Waals surface area contributed by atoms with Gasteiger partial charge in [0.15, 0.2) is 0 Å². The van der Waals surface area contributed by atoms with Gasteiger partial charge in [-0.3, -0.25) is 9.59 Å². The van der Waals surface area contributed by atoms with Gasteiger partial charge in [-0.05, 0) is 70.7 Å². The lowest BCUT2D eigenvalue weighted by atomic mass is 10.1. The molecule has 1 aliphatic rings. The predicted octanol–water partition coefficient (Wildman–Crippen LogP) is 5.53. The van der Waals surface area contributed by atoms with Crippen LogP contribution in [0.15, 0.2) is 77.3 Å². The molecule has 1 fully saturated rings. The summed E-state index contributed by atoms with van der Waals surface area (Å²) in [4.78, 5) is 27.3. The molecule has 6 nitrogen and oxygen atoms in total. The number of carbonyl (C=O) groups excluding carboxylic acids is 2. The van der Waals surface area contributed by atoms with Crippen molar-refractivity contribution in [3.8, 4) is 5.75 Å². The first kappa shape index (κ1) is 24.0. The third kappa shape index (κ3) is 6.24. The van der Waals surface area contributed by atoms with Crippen molar-refractivity contribution in [3.05, 3.63) is 94.0 Å². The van der Waals surface area contributed by atoms with Gasteiger partial charge >= 0.3 is 0 Å². The second-order valence-corrected chi connectivity index (χ2v) is 9.13. The summed E-state index contributed by atoms with van der Waals surface area (Å²) in [5, 5.41) is 2.87. The van der Waals surface area contributed by atoms with Crippen LogP contribution in [0.5, 0.6) is 5.75 Å². The van der Waals surface area contributed by atoms with Crippen LogP contribution in [0.2, 0.25) is 0 Å². The molecule has 1 unspecified atom stereocenters. The quantitative estimate of drug-likeness (QED) is 0.422. The number of nitrogens with one attached hydrogen (secondary N) is 1. The zero-order chi connectivity index (χ0) is 23.9. The molecule has 1 aliphatic heterocycles. The van der Waals surface area contributed by atoms with Gasteiger partial charge in [0.1, 0.15) is 12.4 Å². The van der Waals surface area contributed by atoms with E-state index in [9.17, 15) is 9.59 Å². The molecule has 7 heteroatoms. The summed E-state index contributed by atoms with van der Waals surface area (Å²) in [5.41, 5.74) is 2.60. The molecule has 0 spiro atoms. The van der Waals surface area contributed by atoms with Gasteiger partial charge in [0.05, 0.1) is 10.6 Å². The number of nitrogens with zero attached hydrogens (tertiary/aromatic N) is 1. The molecule has 1 heterocycles. The molecular formula is C27H27BrN2O4. The Morgan fingerprint density at radius 2 is 1.88 bits per heavy atom. The number of anilines is 1. The van der Waals surface area contributed by atoms with Crippen LogP contribution in [0.1, 0.15) is 39.1 Å². The number of halogens is 1. The molecule has 1 N–H and O–H groups in total. The van der Waals surface area contributed by atoms with Crippen LogP contribution in [-0.2, 0) is 11.3 Å². The van der Waals surface area contributed by atoms with Gasteiger partial charge in [-0.25, -0.2) is 0 Å². The molecule has 4 rings (SSSR count). The van der Waals surface area contributed by atoms with Gasteiger partial charge in [0.25, 0.3) is 11.8 Å². The van der Waals surface area contributed by atoms with Crippen molar-refractivity contribution >= 4 is 33.4 Å². The van der Waals surface area contributed by atoms with Gasteiger partial charge < -0.3 is 19.7 Å². The zero-order valence-corrected chi connectivity index (χ0v) is 20.6. The van der Waals surface area contributed by atoms with Gasteiger partial charge in [-0.1, -0.05) is 36.4 Å². The Labute approximate surface area is 208 Å². The topological polar surface area (TPSA) is 67.9 Å². The number of hydrogen-bond acceptors (Lipinski definition) is 4. The van der Waals surface area contributed by atoms with E-state index in [0.717, 1.165) is 25.0 Å². The zero-order valence-electron chi connectivity index (χ0n) is 19.0. The highest BCUT2D eigenvalue weighted by Gasteiger charge is 2.18. The van der Waals surface area contributed by atoms with Gasteiger partial charge in [-0.15, -0.1) is 0 Å². The lowest BCUT2D eigenvalue weighted by Crippen LogP contribution is -2.26. The van der Waals surface area contributed by atoms with Crippen LogP contribution in [0, 0.1) is 0 Å². The van der Waals surface area contributed by atoms with Crippen molar-refractivity contribution in [1.82, 2.24) is 4.90 Å². The molecule has 1 atom stereocenters. The molecule has 0 bridgehead atoms. The highest BCUT2D eigenvalue weighted by molar-refractivity contribution is 9.10. The fraction of sp³-hybridized carbons (Fsp3) is 0.259. The van der Waals surface area contributed by atoms with Crippen molar-refractivity contribution < 1.29 is 19.1 Å². The van der Waals surface area contributed by atoms with Crippen LogP contribution < -0.4 is 10.1 Å². The van der Waals surface area contributed by atoms with Crippen molar-refractivity contribution in [2.75, 3.05) is 25.6 Å². The van der Waals surface area contributed by atoms with Crippen LogP contribution in [0.4, 0.5) is 5.69 Å². The SMILES string of the molecule is CN(Cc1ccccc1)C(=O)c1cccc(NC(=O)c2ccc(OCC3CCCO3)c(Br)c2)c1. The van der Waals surface area contributed by atoms with Gasteiger partial charge in [0.2, 0.25) is 0 Å². The first-order valence-corrected chi connectivity index (χ1v) is 12.0. The maximum absolute atomic E-state index is 12.9.